The Morgan fingerprint density at radius 1 is 1.29 bits per heavy atom. The molecule has 1 aromatic heterocycles. The molecular weight excluding hydrogens is 384 g/mol. The van der Waals surface area contributed by atoms with E-state index < -0.39 is 22.9 Å². The molecule has 0 radical (unpaired) electrons. The predicted octanol–water partition coefficient (Wildman–Crippen LogP) is 4.16. The highest BCUT2D eigenvalue weighted by atomic mass is 32.1. The lowest BCUT2D eigenvalue weighted by Gasteiger charge is -2.15. The molecule has 150 valence electrons. The summed E-state index contributed by atoms with van der Waals surface area (Å²) in [6, 6.07) is 4.50. The molecule has 1 atom stereocenters. The number of nitrogens with one attached hydrogen (secondary N) is 1. The van der Waals surface area contributed by atoms with Crippen molar-refractivity contribution in [2.24, 2.45) is 0 Å². The molecule has 0 bridgehead atoms. The average molecular weight is 406 g/mol. The largest absolute Gasteiger partial charge is 0.474 e. The number of esters is 1. The van der Waals surface area contributed by atoms with Crippen molar-refractivity contribution in [3.05, 3.63) is 49.9 Å². The number of carbonyl (C=O) groups excluding carboxylic acids is 2. The van der Waals surface area contributed by atoms with Crippen molar-refractivity contribution in [1.29, 1.82) is 0 Å². The van der Waals surface area contributed by atoms with Gasteiger partial charge in [-0.15, -0.1) is 11.3 Å². The number of hydrogen-bond donors (Lipinski definition) is 1. The second kappa shape index (κ2) is 8.83. The van der Waals surface area contributed by atoms with E-state index in [0.717, 1.165) is 10.4 Å². The Kier molecular flexibility index (Phi) is 6.74. The number of ether oxygens (including phenoxy) is 2. The molecule has 0 spiro atoms. The molecule has 2 rings (SSSR count). The summed E-state index contributed by atoms with van der Waals surface area (Å²) in [5.41, 5.74) is 1.54. The Morgan fingerprint density at radius 2 is 1.96 bits per heavy atom. The molecule has 2 aromatic rings. The quantitative estimate of drug-likeness (QED) is 0.420. The lowest BCUT2D eigenvalue weighted by Crippen LogP contribution is -2.30. The van der Waals surface area contributed by atoms with Gasteiger partial charge in [-0.25, -0.2) is 4.79 Å². The van der Waals surface area contributed by atoms with Crippen molar-refractivity contribution >= 4 is 33.9 Å². The Morgan fingerprint density at radius 3 is 2.57 bits per heavy atom. The van der Waals surface area contributed by atoms with Gasteiger partial charge in [0.2, 0.25) is 0 Å². The molecule has 9 heteroatoms. The zero-order valence-electron chi connectivity index (χ0n) is 16.3. The summed E-state index contributed by atoms with van der Waals surface area (Å²) in [5.74, 6) is -1.04. The number of carbonyl (C=O) groups is 2. The molecule has 0 saturated carbocycles. The molecule has 0 aliphatic rings. The normalized spacial score (nSPS) is 11.6. The highest BCUT2D eigenvalue weighted by Gasteiger charge is 2.26. The molecule has 0 unspecified atom stereocenters. The molecule has 0 fully saturated rings. The zero-order chi connectivity index (χ0) is 21.0. The van der Waals surface area contributed by atoms with E-state index in [1.165, 1.54) is 30.4 Å². The smallest absolute Gasteiger partial charge is 0.341 e. The van der Waals surface area contributed by atoms with Crippen LogP contribution >= 0.6 is 11.3 Å². The van der Waals surface area contributed by atoms with Crippen molar-refractivity contribution in [2.75, 3.05) is 11.9 Å². The lowest BCUT2D eigenvalue weighted by atomic mass is 10.1. The summed E-state index contributed by atoms with van der Waals surface area (Å²) in [4.78, 5) is 36.3. The molecule has 0 aliphatic carbocycles. The van der Waals surface area contributed by atoms with E-state index in [1.807, 2.05) is 6.92 Å². The number of amides is 1. The van der Waals surface area contributed by atoms with E-state index in [-0.39, 0.29) is 18.0 Å². The van der Waals surface area contributed by atoms with Crippen LogP contribution in [0.5, 0.6) is 5.75 Å². The van der Waals surface area contributed by atoms with Crippen LogP contribution in [0.25, 0.3) is 0 Å². The van der Waals surface area contributed by atoms with Crippen LogP contribution in [0.1, 0.15) is 40.2 Å². The van der Waals surface area contributed by atoms with Crippen LogP contribution in [0.3, 0.4) is 0 Å². The summed E-state index contributed by atoms with van der Waals surface area (Å²) < 4.78 is 10.6. The van der Waals surface area contributed by atoms with E-state index in [0.29, 0.717) is 16.1 Å². The first-order valence-corrected chi connectivity index (χ1v) is 9.47. The van der Waals surface area contributed by atoms with Gasteiger partial charge in [-0.1, -0.05) is 6.07 Å². The predicted molar refractivity (Wildman–Crippen MR) is 106 cm³/mol. The molecule has 1 N–H and O–H groups in total. The van der Waals surface area contributed by atoms with Crippen LogP contribution in [-0.2, 0) is 9.53 Å². The number of nitro groups is 1. The number of thiophene rings is 1. The topological polar surface area (TPSA) is 108 Å². The van der Waals surface area contributed by atoms with Gasteiger partial charge in [0.25, 0.3) is 5.91 Å². The van der Waals surface area contributed by atoms with Crippen LogP contribution in [0, 0.1) is 30.9 Å². The fourth-order valence-corrected chi connectivity index (χ4v) is 3.54. The van der Waals surface area contributed by atoms with E-state index >= 15 is 0 Å². The Labute approximate surface area is 166 Å². The van der Waals surface area contributed by atoms with Gasteiger partial charge >= 0.3 is 11.7 Å². The molecule has 0 aliphatic heterocycles. The first kappa shape index (κ1) is 21.4. The van der Waals surface area contributed by atoms with Crippen LogP contribution in [0.15, 0.2) is 18.2 Å². The van der Waals surface area contributed by atoms with Crippen LogP contribution < -0.4 is 10.1 Å². The van der Waals surface area contributed by atoms with Gasteiger partial charge < -0.3 is 14.8 Å². The Bertz CT molecular complexity index is 921. The number of benzene rings is 1. The Balaban J connectivity index is 2.21. The van der Waals surface area contributed by atoms with Gasteiger partial charge in [0, 0.05) is 10.9 Å². The maximum Gasteiger partial charge on any atom is 0.341 e. The summed E-state index contributed by atoms with van der Waals surface area (Å²) in [5, 5.41) is 14.3. The van der Waals surface area contributed by atoms with Crippen LogP contribution in [0.2, 0.25) is 0 Å². The minimum Gasteiger partial charge on any atom is -0.474 e. The van der Waals surface area contributed by atoms with Crippen LogP contribution in [-0.4, -0.2) is 29.5 Å². The number of nitrogens with zero attached hydrogens (tertiary/aromatic N) is 1. The number of anilines is 1. The minimum absolute atomic E-state index is 0.00223. The molecule has 0 saturated heterocycles. The van der Waals surface area contributed by atoms with E-state index in [2.05, 4.69) is 5.32 Å². The second-order valence-electron chi connectivity index (χ2n) is 6.19. The van der Waals surface area contributed by atoms with Crippen molar-refractivity contribution in [2.45, 2.75) is 40.7 Å². The monoisotopic (exact) mass is 406 g/mol. The SMILES string of the molecule is CCOC(=O)c1c(NC(=O)[C@@H](C)Oc2ccc(C)cc2[N+](=O)[O-])sc(C)c1C. The highest BCUT2D eigenvalue weighted by Crippen LogP contribution is 2.34. The third-order valence-corrected chi connectivity index (χ3v) is 5.21. The van der Waals surface area contributed by atoms with E-state index in [4.69, 9.17) is 9.47 Å². The fraction of sp³-hybridized carbons (Fsp3) is 0.368. The van der Waals surface area contributed by atoms with Gasteiger partial charge in [-0.05, 0) is 51.8 Å². The van der Waals surface area contributed by atoms with Crippen LogP contribution in [0.4, 0.5) is 10.7 Å². The number of rotatable bonds is 7. The maximum atomic E-state index is 12.6. The number of hydrogen-bond acceptors (Lipinski definition) is 7. The van der Waals surface area contributed by atoms with Crippen molar-refractivity contribution < 1.29 is 24.0 Å². The zero-order valence-corrected chi connectivity index (χ0v) is 17.1. The second-order valence-corrected chi connectivity index (χ2v) is 7.41. The lowest BCUT2D eigenvalue weighted by molar-refractivity contribution is -0.386. The summed E-state index contributed by atoms with van der Waals surface area (Å²) >= 11 is 1.26. The van der Waals surface area contributed by atoms with Gasteiger partial charge in [-0.3, -0.25) is 14.9 Å². The van der Waals surface area contributed by atoms with Gasteiger partial charge in [0.15, 0.2) is 11.9 Å². The van der Waals surface area contributed by atoms with Crippen molar-refractivity contribution in [3.8, 4) is 5.75 Å². The minimum atomic E-state index is -1.01. The van der Waals surface area contributed by atoms with Crippen molar-refractivity contribution in [1.82, 2.24) is 0 Å². The van der Waals surface area contributed by atoms with Gasteiger partial charge in [-0.2, -0.15) is 0 Å². The van der Waals surface area contributed by atoms with Gasteiger partial charge in [0.05, 0.1) is 17.1 Å². The van der Waals surface area contributed by atoms with Gasteiger partial charge in [0.1, 0.15) is 5.00 Å². The number of nitro benzene ring substituents is 1. The molecular formula is C19H22N2O6S. The van der Waals surface area contributed by atoms with E-state index in [9.17, 15) is 19.7 Å². The maximum absolute atomic E-state index is 12.6. The highest BCUT2D eigenvalue weighted by molar-refractivity contribution is 7.16. The van der Waals surface area contributed by atoms with E-state index in [1.54, 1.807) is 26.8 Å². The first-order valence-electron chi connectivity index (χ1n) is 8.65. The summed E-state index contributed by atoms with van der Waals surface area (Å²) in [6.45, 7) is 8.76. The molecule has 28 heavy (non-hydrogen) atoms. The summed E-state index contributed by atoms with van der Waals surface area (Å²) in [7, 11) is 0. The summed E-state index contributed by atoms with van der Waals surface area (Å²) in [6.07, 6.45) is -1.01. The molecule has 1 heterocycles. The average Bonchev–Trinajstić information content (AvgIpc) is 2.90. The third kappa shape index (κ3) is 4.66. The number of aryl methyl sites for hydroxylation is 2. The first-order chi connectivity index (χ1) is 13.1. The fourth-order valence-electron chi connectivity index (χ4n) is 2.49. The molecule has 8 nitrogen and oxygen atoms in total. The molecule has 1 amide bonds. The Hall–Kier alpha value is -2.94. The molecule has 1 aromatic carbocycles. The standard InChI is InChI=1S/C19H22N2O6S/c1-6-26-19(23)16-11(3)13(5)28-18(16)20-17(22)12(4)27-15-8-7-10(2)9-14(15)21(24)25/h7-9,12H,6H2,1-5H3,(H,20,22)/t12-/m1/s1. The third-order valence-electron chi connectivity index (χ3n) is 4.09. The van der Waals surface area contributed by atoms with Crippen molar-refractivity contribution in [3.63, 3.8) is 0 Å².